The molecular weight excluding hydrogens is 731 g/mol. The molecule has 11 heteroatoms. The number of hydrogen-bond acceptors (Lipinski definition) is 4. The molecular formula is C43H31ClF3N3O3S. The van der Waals surface area contributed by atoms with Crippen LogP contribution in [0.3, 0.4) is 0 Å². The van der Waals surface area contributed by atoms with Gasteiger partial charge in [-0.3, -0.25) is 14.4 Å². The maximum absolute atomic E-state index is 13.8. The molecule has 1 atom stereocenters. The Bertz CT molecular complexity index is 2290. The molecule has 0 bridgehead atoms. The van der Waals surface area contributed by atoms with E-state index in [9.17, 15) is 27.6 Å². The molecule has 0 radical (unpaired) electrons. The van der Waals surface area contributed by atoms with Crippen LogP contribution in [-0.2, 0) is 15.8 Å². The van der Waals surface area contributed by atoms with Gasteiger partial charge in [0.15, 0.2) is 0 Å². The van der Waals surface area contributed by atoms with Crippen LogP contribution in [0.2, 0.25) is 5.02 Å². The van der Waals surface area contributed by atoms with Gasteiger partial charge in [-0.25, -0.2) is 0 Å². The van der Waals surface area contributed by atoms with E-state index in [2.05, 4.69) is 16.0 Å². The average molecular weight is 762 g/mol. The number of amides is 3. The second kappa shape index (κ2) is 17.2. The second-order valence-electron chi connectivity index (χ2n) is 11.9. The lowest BCUT2D eigenvalue weighted by molar-refractivity contribution is -0.137. The second-order valence-corrected chi connectivity index (χ2v) is 13.5. The van der Waals surface area contributed by atoms with Gasteiger partial charge in [0, 0.05) is 16.1 Å². The number of rotatable bonds is 11. The van der Waals surface area contributed by atoms with Crippen LogP contribution in [0.4, 0.5) is 24.5 Å². The zero-order valence-electron chi connectivity index (χ0n) is 28.3. The van der Waals surface area contributed by atoms with Crippen LogP contribution in [0, 0.1) is 0 Å². The van der Waals surface area contributed by atoms with Gasteiger partial charge in [-0.1, -0.05) is 121 Å². The highest BCUT2D eigenvalue weighted by Gasteiger charge is 2.32. The van der Waals surface area contributed by atoms with Crippen molar-refractivity contribution in [3.8, 4) is 11.1 Å². The van der Waals surface area contributed by atoms with Crippen molar-refractivity contribution < 1.29 is 27.6 Å². The van der Waals surface area contributed by atoms with Crippen LogP contribution in [0.15, 0.2) is 168 Å². The van der Waals surface area contributed by atoms with Gasteiger partial charge in [0.25, 0.3) is 11.8 Å². The molecule has 3 amide bonds. The molecule has 0 aliphatic heterocycles. The standard InChI is InChI=1S/C43H31ClF3N3O3S/c44-36-24-23-33(43(45,46)47)26-37(36)49-42(53)39(31-13-6-2-7-14-31)54-35-18-10-17-34(27-35)48-41(52)38(50-40(51)32-15-8-3-9-16-32)25-28-19-21-30(22-20-28)29-11-4-1-5-12-29/h1-27,39H,(H,48,52)(H,49,53)(H,50,51)/b38-25+. The Labute approximate surface area is 319 Å². The van der Waals surface area contributed by atoms with E-state index in [0.29, 0.717) is 27.3 Å². The first-order valence-corrected chi connectivity index (χ1v) is 17.8. The van der Waals surface area contributed by atoms with Crippen molar-refractivity contribution in [1.82, 2.24) is 5.32 Å². The summed E-state index contributed by atoms with van der Waals surface area (Å²) in [6.45, 7) is 0. The number of alkyl halides is 3. The van der Waals surface area contributed by atoms with Crippen LogP contribution < -0.4 is 16.0 Å². The fourth-order valence-corrected chi connectivity index (χ4v) is 6.64. The fourth-order valence-electron chi connectivity index (χ4n) is 5.39. The molecule has 6 aromatic rings. The predicted octanol–water partition coefficient (Wildman–Crippen LogP) is 10.9. The molecule has 0 spiro atoms. The summed E-state index contributed by atoms with van der Waals surface area (Å²) in [5.41, 5.74) is 2.89. The van der Waals surface area contributed by atoms with E-state index in [1.165, 1.54) is 0 Å². The van der Waals surface area contributed by atoms with Gasteiger partial charge in [0.05, 0.1) is 16.3 Å². The molecule has 270 valence electrons. The molecule has 54 heavy (non-hydrogen) atoms. The molecule has 0 heterocycles. The summed E-state index contributed by atoms with van der Waals surface area (Å²) < 4.78 is 40.3. The van der Waals surface area contributed by atoms with E-state index in [4.69, 9.17) is 11.6 Å². The molecule has 0 aliphatic carbocycles. The quantitative estimate of drug-likeness (QED) is 0.0906. The summed E-state index contributed by atoms with van der Waals surface area (Å²) in [5, 5.41) is 7.19. The molecule has 6 rings (SSSR count). The van der Waals surface area contributed by atoms with Gasteiger partial charge in [0.1, 0.15) is 10.9 Å². The van der Waals surface area contributed by atoms with Crippen LogP contribution in [0.1, 0.15) is 32.3 Å². The summed E-state index contributed by atoms with van der Waals surface area (Å²) in [6.07, 6.45) is -3.05. The van der Waals surface area contributed by atoms with E-state index >= 15 is 0 Å². The summed E-state index contributed by atoms with van der Waals surface area (Å²) in [4.78, 5) is 41.3. The van der Waals surface area contributed by atoms with Crippen LogP contribution in [-0.4, -0.2) is 17.7 Å². The van der Waals surface area contributed by atoms with Crippen LogP contribution in [0.5, 0.6) is 0 Å². The number of thioether (sulfide) groups is 1. The first-order valence-electron chi connectivity index (χ1n) is 16.6. The monoisotopic (exact) mass is 761 g/mol. The van der Waals surface area contributed by atoms with Gasteiger partial charge in [-0.15, -0.1) is 11.8 Å². The van der Waals surface area contributed by atoms with Crippen molar-refractivity contribution in [3.05, 3.63) is 191 Å². The Morgan fingerprint density at radius 1 is 0.667 bits per heavy atom. The van der Waals surface area contributed by atoms with Gasteiger partial charge in [-0.2, -0.15) is 13.2 Å². The van der Waals surface area contributed by atoms with Crippen LogP contribution in [0.25, 0.3) is 17.2 Å². The highest BCUT2D eigenvalue weighted by Crippen LogP contribution is 2.39. The normalized spacial score (nSPS) is 12.0. The van der Waals surface area contributed by atoms with E-state index in [1.807, 2.05) is 54.6 Å². The maximum Gasteiger partial charge on any atom is 0.416 e. The van der Waals surface area contributed by atoms with Crippen molar-refractivity contribution in [2.24, 2.45) is 0 Å². The highest BCUT2D eigenvalue weighted by atomic mass is 35.5. The van der Waals surface area contributed by atoms with Gasteiger partial charge in [-0.05, 0) is 76.9 Å². The van der Waals surface area contributed by atoms with Gasteiger partial charge < -0.3 is 16.0 Å². The summed E-state index contributed by atoms with van der Waals surface area (Å²) >= 11 is 7.32. The van der Waals surface area contributed by atoms with Crippen molar-refractivity contribution in [2.45, 2.75) is 16.3 Å². The molecule has 6 nitrogen and oxygen atoms in total. The summed E-state index contributed by atoms with van der Waals surface area (Å²) in [6, 6.07) is 44.1. The van der Waals surface area contributed by atoms with Crippen molar-refractivity contribution in [2.75, 3.05) is 10.6 Å². The lowest BCUT2D eigenvalue weighted by Crippen LogP contribution is -2.30. The Balaban J connectivity index is 1.24. The Morgan fingerprint density at radius 3 is 1.96 bits per heavy atom. The van der Waals surface area contributed by atoms with E-state index in [0.717, 1.165) is 41.1 Å². The minimum Gasteiger partial charge on any atom is -0.323 e. The first-order chi connectivity index (χ1) is 26.0. The van der Waals surface area contributed by atoms with Gasteiger partial charge in [0.2, 0.25) is 5.91 Å². The lowest BCUT2D eigenvalue weighted by Gasteiger charge is -2.19. The minimum atomic E-state index is -4.63. The van der Waals surface area contributed by atoms with E-state index < -0.39 is 34.7 Å². The molecule has 0 aromatic heterocycles. The molecule has 6 aromatic carbocycles. The Morgan fingerprint density at radius 2 is 1.30 bits per heavy atom. The molecule has 1 unspecified atom stereocenters. The number of hydrogen-bond donors (Lipinski definition) is 3. The largest absolute Gasteiger partial charge is 0.416 e. The predicted molar refractivity (Wildman–Crippen MR) is 209 cm³/mol. The number of halogens is 4. The molecule has 0 saturated heterocycles. The smallest absolute Gasteiger partial charge is 0.323 e. The lowest BCUT2D eigenvalue weighted by atomic mass is 10.0. The third-order valence-corrected chi connectivity index (χ3v) is 9.67. The van der Waals surface area contributed by atoms with Crippen LogP contribution >= 0.6 is 23.4 Å². The zero-order chi connectivity index (χ0) is 38.1. The number of nitrogens with one attached hydrogen (secondary N) is 3. The van der Waals surface area contributed by atoms with Gasteiger partial charge >= 0.3 is 6.18 Å². The molecule has 3 N–H and O–H groups in total. The SMILES string of the molecule is O=C(Nc1cccc(SC(C(=O)Nc2cc(C(F)(F)F)ccc2Cl)c2ccccc2)c1)/C(=C\c1ccc(-c2ccccc2)cc1)NC(=O)c1ccccc1. The highest BCUT2D eigenvalue weighted by molar-refractivity contribution is 8.00. The fraction of sp³-hybridized carbons (Fsp3) is 0.0465. The third kappa shape index (κ3) is 9.86. The maximum atomic E-state index is 13.8. The average Bonchev–Trinajstić information content (AvgIpc) is 3.18. The molecule has 0 aliphatic rings. The van der Waals surface area contributed by atoms with Crippen molar-refractivity contribution in [1.29, 1.82) is 0 Å². The number of anilines is 2. The third-order valence-electron chi connectivity index (χ3n) is 8.10. The number of carbonyl (C=O) groups excluding carboxylic acids is 3. The van der Waals surface area contributed by atoms with E-state index in [1.54, 1.807) is 91.0 Å². The minimum absolute atomic E-state index is 0.00567. The first kappa shape index (κ1) is 37.7. The molecule has 0 fully saturated rings. The van der Waals surface area contributed by atoms with Crippen molar-refractivity contribution in [3.63, 3.8) is 0 Å². The Hall–Kier alpha value is -6.10. The topological polar surface area (TPSA) is 87.3 Å². The summed E-state index contributed by atoms with van der Waals surface area (Å²) in [7, 11) is 0. The van der Waals surface area contributed by atoms with E-state index in [-0.39, 0.29) is 16.4 Å². The zero-order valence-corrected chi connectivity index (χ0v) is 29.9. The molecule has 0 saturated carbocycles. The number of carbonyl (C=O) groups is 3. The summed E-state index contributed by atoms with van der Waals surface area (Å²) in [5.74, 6) is -1.67. The Kier molecular flexibility index (Phi) is 12.0. The number of benzene rings is 6. The van der Waals surface area contributed by atoms with Crippen molar-refractivity contribution >= 4 is 58.5 Å².